The zero-order valence-electron chi connectivity index (χ0n) is 5.13. The van der Waals surface area contributed by atoms with Crippen LogP contribution in [0.25, 0.3) is 0 Å². The van der Waals surface area contributed by atoms with Crippen molar-refractivity contribution >= 4 is 0 Å². The van der Waals surface area contributed by atoms with E-state index in [4.69, 9.17) is 10.2 Å². The molecule has 0 fully saturated rings. The first kappa shape index (κ1) is 7.77. The second-order valence-electron chi connectivity index (χ2n) is 1.85. The van der Waals surface area contributed by atoms with Gasteiger partial charge in [-0.15, -0.1) is 13.2 Å². The molecule has 0 saturated carbocycles. The van der Waals surface area contributed by atoms with E-state index in [0.29, 0.717) is 0 Å². The summed E-state index contributed by atoms with van der Waals surface area (Å²) in [5.41, 5.74) is 0. The van der Waals surface area contributed by atoms with Gasteiger partial charge >= 0.3 is 6.30 Å². The molecule has 0 aliphatic rings. The van der Waals surface area contributed by atoms with Crippen LogP contribution in [0.5, 0.6) is 11.8 Å². The van der Waals surface area contributed by atoms with Crippen molar-refractivity contribution in [3.63, 3.8) is 0 Å². The molecule has 1 aromatic heterocycles. The average Bonchev–Trinajstić information content (AvgIpc) is 2.08. The van der Waals surface area contributed by atoms with Gasteiger partial charge < -0.3 is 10.2 Å². The Hall–Kier alpha value is -1.33. The van der Waals surface area contributed by atoms with Gasteiger partial charge in [-0.05, 0) is 0 Å². The summed E-state index contributed by atoms with van der Waals surface area (Å²) in [5.74, 6) is -2.06. The fourth-order valence-corrected chi connectivity index (χ4v) is 0.675. The van der Waals surface area contributed by atoms with Gasteiger partial charge in [-0.1, -0.05) is 0 Å². The predicted molar refractivity (Wildman–Crippen MR) is 29.1 cm³/mol. The maximum atomic E-state index is 11.8. The van der Waals surface area contributed by atoms with Crippen molar-refractivity contribution in [3.8, 4) is 11.8 Å². The molecule has 0 aromatic carbocycles. The van der Waals surface area contributed by atoms with E-state index < -0.39 is 22.6 Å². The van der Waals surface area contributed by atoms with Gasteiger partial charge in [0, 0.05) is 12.1 Å². The summed E-state index contributed by atoms with van der Waals surface area (Å²) in [4.78, 5) is 0. The Morgan fingerprint density at radius 3 is 1.64 bits per heavy atom. The van der Waals surface area contributed by atoms with Gasteiger partial charge in [-0.25, -0.2) is 0 Å². The number of halogens is 3. The highest BCUT2D eigenvalue weighted by Crippen LogP contribution is 2.33. The second kappa shape index (κ2) is 2.08. The highest BCUT2D eigenvalue weighted by atomic mass is 19.4. The molecule has 0 atom stereocenters. The number of rotatable bonds is 0. The van der Waals surface area contributed by atoms with E-state index in [2.05, 4.69) is 0 Å². The molecule has 1 rings (SSSR count). The highest BCUT2D eigenvalue weighted by Gasteiger charge is 2.35. The van der Waals surface area contributed by atoms with Crippen molar-refractivity contribution in [1.82, 2.24) is 4.57 Å². The molecule has 62 valence electrons. The largest absolute Gasteiger partial charge is 0.494 e. The van der Waals surface area contributed by atoms with Crippen molar-refractivity contribution in [2.75, 3.05) is 0 Å². The monoisotopic (exact) mass is 167 g/mol. The van der Waals surface area contributed by atoms with Crippen LogP contribution < -0.4 is 0 Å². The first-order valence-electron chi connectivity index (χ1n) is 2.60. The predicted octanol–water partition coefficient (Wildman–Crippen LogP) is 1.38. The van der Waals surface area contributed by atoms with E-state index in [-0.39, 0.29) is 0 Å². The fraction of sp³-hybridized carbons (Fsp3) is 0.200. The van der Waals surface area contributed by atoms with Gasteiger partial charge in [0.15, 0.2) is 0 Å². The van der Waals surface area contributed by atoms with Gasteiger partial charge in [0.25, 0.3) is 0 Å². The molecule has 1 aromatic rings. The molecule has 0 unspecified atom stereocenters. The average molecular weight is 167 g/mol. The third-order valence-electron chi connectivity index (χ3n) is 1.09. The highest BCUT2D eigenvalue weighted by molar-refractivity contribution is 5.24. The smallest absolute Gasteiger partial charge is 0.494 e. The van der Waals surface area contributed by atoms with Gasteiger partial charge in [0.05, 0.1) is 0 Å². The van der Waals surface area contributed by atoms with Crippen LogP contribution in [0.15, 0.2) is 12.1 Å². The lowest BCUT2D eigenvalue weighted by Crippen LogP contribution is -2.15. The van der Waals surface area contributed by atoms with Crippen LogP contribution in [0, 0.1) is 0 Å². The van der Waals surface area contributed by atoms with Crippen LogP contribution in [-0.2, 0) is 6.30 Å². The van der Waals surface area contributed by atoms with E-state index in [1.807, 2.05) is 0 Å². The minimum absolute atomic E-state index is 0.535. The van der Waals surface area contributed by atoms with E-state index in [1.165, 1.54) is 0 Å². The Morgan fingerprint density at radius 1 is 1.09 bits per heavy atom. The standard InChI is InChI=1S/C5H4F3NO2/c6-5(7,8)9-3(10)1-2-4(9)11/h1-2,10-11H. The van der Waals surface area contributed by atoms with Gasteiger partial charge in [-0.2, -0.15) is 4.57 Å². The number of hydrogen-bond donors (Lipinski definition) is 2. The van der Waals surface area contributed by atoms with Gasteiger partial charge in [-0.3, -0.25) is 0 Å². The lowest BCUT2D eigenvalue weighted by atomic mass is 10.6. The summed E-state index contributed by atoms with van der Waals surface area (Å²) in [6, 6.07) is 1.51. The first-order valence-corrected chi connectivity index (χ1v) is 2.60. The lowest BCUT2D eigenvalue weighted by Gasteiger charge is -2.09. The third-order valence-corrected chi connectivity index (χ3v) is 1.09. The Bertz CT molecular complexity index is 246. The van der Waals surface area contributed by atoms with E-state index in [0.717, 1.165) is 12.1 Å². The molecule has 0 amide bonds. The summed E-state index contributed by atoms with van der Waals surface area (Å²) >= 11 is 0. The van der Waals surface area contributed by atoms with Crippen LogP contribution in [0.3, 0.4) is 0 Å². The Labute approximate surface area is 59.3 Å². The maximum absolute atomic E-state index is 11.8. The van der Waals surface area contributed by atoms with Crippen LogP contribution in [-0.4, -0.2) is 14.8 Å². The third kappa shape index (κ3) is 1.24. The molecule has 0 saturated heterocycles. The molecule has 0 spiro atoms. The summed E-state index contributed by atoms with van der Waals surface area (Å²) in [5, 5.41) is 17.1. The Kier molecular flexibility index (Phi) is 1.47. The van der Waals surface area contributed by atoms with Crippen LogP contribution in [0.1, 0.15) is 0 Å². The summed E-state index contributed by atoms with van der Waals surface area (Å²) in [6.07, 6.45) is -4.78. The van der Waals surface area contributed by atoms with Crippen LogP contribution >= 0.6 is 0 Å². The molecule has 3 nitrogen and oxygen atoms in total. The lowest BCUT2D eigenvalue weighted by molar-refractivity contribution is -0.208. The minimum Gasteiger partial charge on any atom is -0.494 e. The molecule has 0 aliphatic carbocycles. The zero-order valence-corrected chi connectivity index (χ0v) is 5.13. The molecular weight excluding hydrogens is 163 g/mol. The molecule has 6 heteroatoms. The van der Waals surface area contributed by atoms with Crippen LogP contribution in [0.2, 0.25) is 0 Å². The molecule has 2 N–H and O–H groups in total. The van der Waals surface area contributed by atoms with E-state index in [9.17, 15) is 13.2 Å². The Balaban J connectivity index is 3.21. The fourth-order valence-electron chi connectivity index (χ4n) is 0.675. The van der Waals surface area contributed by atoms with Gasteiger partial charge in [0.1, 0.15) is 0 Å². The van der Waals surface area contributed by atoms with Crippen molar-refractivity contribution in [2.24, 2.45) is 0 Å². The summed E-state index contributed by atoms with van der Waals surface area (Å²) in [7, 11) is 0. The minimum atomic E-state index is -4.78. The topological polar surface area (TPSA) is 45.4 Å². The number of hydrogen-bond acceptors (Lipinski definition) is 2. The van der Waals surface area contributed by atoms with Crippen molar-refractivity contribution < 1.29 is 23.4 Å². The number of aromatic hydroxyl groups is 2. The van der Waals surface area contributed by atoms with Crippen molar-refractivity contribution in [1.29, 1.82) is 0 Å². The second-order valence-corrected chi connectivity index (χ2v) is 1.85. The normalized spacial score (nSPS) is 11.9. The maximum Gasteiger partial charge on any atom is 0.494 e. The zero-order chi connectivity index (χ0) is 8.65. The summed E-state index contributed by atoms with van der Waals surface area (Å²) < 4.78 is 34.8. The van der Waals surface area contributed by atoms with Crippen LogP contribution in [0.4, 0.5) is 13.2 Å². The molecule has 0 bridgehead atoms. The number of alkyl halides is 3. The van der Waals surface area contributed by atoms with Gasteiger partial charge in [0.2, 0.25) is 11.8 Å². The first-order chi connectivity index (χ1) is 4.93. The Morgan fingerprint density at radius 2 is 1.45 bits per heavy atom. The van der Waals surface area contributed by atoms with E-state index in [1.54, 1.807) is 0 Å². The molecular formula is C5H4F3NO2. The SMILES string of the molecule is Oc1ccc(O)n1C(F)(F)F. The number of nitrogens with zero attached hydrogens (tertiary/aromatic N) is 1. The number of aromatic nitrogens is 1. The molecule has 0 radical (unpaired) electrons. The molecule has 0 aliphatic heterocycles. The van der Waals surface area contributed by atoms with E-state index >= 15 is 0 Å². The summed E-state index contributed by atoms with van der Waals surface area (Å²) in [6.45, 7) is 0. The quantitative estimate of drug-likeness (QED) is 0.613. The van der Waals surface area contributed by atoms with Crippen molar-refractivity contribution in [3.05, 3.63) is 12.1 Å². The molecule has 11 heavy (non-hydrogen) atoms. The van der Waals surface area contributed by atoms with Crippen molar-refractivity contribution in [2.45, 2.75) is 6.30 Å². The molecule has 1 heterocycles.